The van der Waals surface area contributed by atoms with Crippen molar-refractivity contribution in [2.45, 2.75) is 0 Å². The standard InChI is InChI=1S/C14H8N4O5/c19-17(20)10-6-12(18(21)22)14-11(16-23-13(14)7-10)8-15-9-4-2-1-3-5-9/h1-8H. The lowest BCUT2D eigenvalue weighted by atomic mass is 10.1. The van der Waals surface area contributed by atoms with Crippen molar-refractivity contribution in [1.82, 2.24) is 5.16 Å². The summed E-state index contributed by atoms with van der Waals surface area (Å²) in [5.74, 6) is 0. The molecule has 1 heterocycles. The molecule has 0 amide bonds. The van der Waals surface area contributed by atoms with Crippen LogP contribution in [0, 0.1) is 20.2 Å². The lowest BCUT2D eigenvalue weighted by molar-refractivity contribution is -0.393. The SMILES string of the molecule is O=[N+]([O-])c1cc([N+](=O)[O-])c2c(C=Nc3ccccc3)noc2c1. The molecule has 9 heteroatoms. The highest BCUT2D eigenvalue weighted by Gasteiger charge is 2.25. The Morgan fingerprint density at radius 3 is 2.48 bits per heavy atom. The largest absolute Gasteiger partial charge is 0.355 e. The predicted molar refractivity (Wildman–Crippen MR) is 81.0 cm³/mol. The molecule has 1 aromatic heterocycles. The number of para-hydroxylation sites is 1. The lowest BCUT2D eigenvalue weighted by Gasteiger charge is -1.95. The van der Waals surface area contributed by atoms with E-state index in [0.29, 0.717) is 5.69 Å². The zero-order valence-corrected chi connectivity index (χ0v) is 11.4. The average molecular weight is 312 g/mol. The van der Waals surface area contributed by atoms with Crippen LogP contribution in [-0.2, 0) is 0 Å². The van der Waals surface area contributed by atoms with Gasteiger partial charge in [-0.3, -0.25) is 25.2 Å². The summed E-state index contributed by atoms with van der Waals surface area (Å²) in [6.45, 7) is 0. The number of nitro benzene ring substituents is 2. The van der Waals surface area contributed by atoms with Gasteiger partial charge < -0.3 is 4.52 Å². The van der Waals surface area contributed by atoms with Gasteiger partial charge in [0, 0.05) is 0 Å². The molecule has 0 aliphatic rings. The molecule has 0 aliphatic carbocycles. The molecule has 0 N–H and O–H groups in total. The first kappa shape index (κ1) is 14.3. The van der Waals surface area contributed by atoms with Gasteiger partial charge in [0.15, 0.2) is 5.58 Å². The van der Waals surface area contributed by atoms with E-state index in [-0.39, 0.29) is 16.7 Å². The number of non-ortho nitro benzene ring substituents is 2. The summed E-state index contributed by atoms with van der Waals surface area (Å²) in [5, 5.41) is 25.8. The van der Waals surface area contributed by atoms with Crippen LogP contribution in [0.5, 0.6) is 0 Å². The van der Waals surface area contributed by atoms with E-state index in [1.165, 1.54) is 6.21 Å². The van der Waals surface area contributed by atoms with Gasteiger partial charge in [-0.2, -0.15) is 0 Å². The molecule has 0 saturated heterocycles. The van der Waals surface area contributed by atoms with E-state index in [4.69, 9.17) is 4.52 Å². The van der Waals surface area contributed by atoms with Gasteiger partial charge in [0.05, 0.1) is 33.9 Å². The first-order valence-electron chi connectivity index (χ1n) is 6.37. The van der Waals surface area contributed by atoms with E-state index >= 15 is 0 Å². The molecule has 3 aromatic rings. The lowest BCUT2D eigenvalue weighted by Crippen LogP contribution is -1.94. The Kier molecular flexibility index (Phi) is 3.51. The van der Waals surface area contributed by atoms with Gasteiger partial charge in [0.2, 0.25) is 0 Å². The topological polar surface area (TPSA) is 125 Å². The second kappa shape index (κ2) is 5.64. The molecular weight excluding hydrogens is 304 g/mol. The molecule has 3 rings (SSSR count). The van der Waals surface area contributed by atoms with Gasteiger partial charge in [0.1, 0.15) is 11.1 Å². The minimum atomic E-state index is -0.729. The van der Waals surface area contributed by atoms with Crippen molar-refractivity contribution in [2.75, 3.05) is 0 Å². The van der Waals surface area contributed by atoms with E-state index in [1.807, 2.05) is 6.07 Å². The number of hydrogen-bond acceptors (Lipinski definition) is 7. The van der Waals surface area contributed by atoms with Gasteiger partial charge >= 0.3 is 0 Å². The van der Waals surface area contributed by atoms with Crippen LogP contribution in [0.4, 0.5) is 17.1 Å². The normalized spacial score (nSPS) is 11.1. The van der Waals surface area contributed by atoms with Crippen LogP contribution in [0.1, 0.15) is 5.69 Å². The number of aliphatic imine (C=N–C) groups is 1. The molecule has 0 aliphatic heterocycles. The first-order chi connectivity index (χ1) is 11.1. The number of fused-ring (bicyclic) bond motifs is 1. The summed E-state index contributed by atoms with van der Waals surface area (Å²) in [6, 6.07) is 10.9. The molecule has 9 nitrogen and oxygen atoms in total. The molecular formula is C14H8N4O5. The van der Waals surface area contributed by atoms with Crippen molar-refractivity contribution in [3.05, 3.63) is 68.4 Å². The summed E-state index contributed by atoms with van der Waals surface area (Å²) in [7, 11) is 0. The van der Waals surface area contributed by atoms with Gasteiger partial charge in [-0.15, -0.1) is 0 Å². The molecule has 0 bridgehead atoms. The van der Waals surface area contributed by atoms with Crippen molar-refractivity contribution in [3.63, 3.8) is 0 Å². The van der Waals surface area contributed by atoms with Crippen molar-refractivity contribution in [2.24, 2.45) is 4.99 Å². The fourth-order valence-corrected chi connectivity index (χ4v) is 2.05. The van der Waals surface area contributed by atoms with Crippen LogP contribution >= 0.6 is 0 Å². The Bertz CT molecular complexity index is 933. The maximum Gasteiger partial charge on any atom is 0.289 e. The fourth-order valence-electron chi connectivity index (χ4n) is 2.05. The van der Waals surface area contributed by atoms with Gasteiger partial charge in [-0.05, 0) is 12.1 Å². The second-order valence-electron chi connectivity index (χ2n) is 4.51. The highest BCUT2D eigenvalue weighted by Crippen LogP contribution is 2.33. The monoisotopic (exact) mass is 312 g/mol. The maximum atomic E-state index is 11.2. The molecule has 0 fully saturated rings. The molecule has 0 spiro atoms. The second-order valence-corrected chi connectivity index (χ2v) is 4.51. The van der Waals surface area contributed by atoms with Crippen LogP contribution < -0.4 is 0 Å². The average Bonchev–Trinajstić information content (AvgIpc) is 2.96. The number of benzene rings is 2. The van der Waals surface area contributed by atoms with Crippen molar-refractivity contribution in [1.29, 1.82) is 0 Å². The van der Waals surface area contributed by atoms with Crippen LogP contribution in [0.15, 0.2) is 52.0 Å². The smallest absolute Gasteiger partial charge is 0.289 e. The molecule has 0 saturated carbocycles. The molecule has 114 valence electrons. The number of nitro groups is 2. The summed E-state index contributed by atoms with van der Waals surface area (Å²) in [5.41, 5.74) is -0.170. The number of hydrogen-bond donors (Lipinski definition) is 0. The van der Waals surface area contributed by atoms with E-state index < -0.39 is 21.2 Å². The van der Waals surface area contributed by atoms with E-state index in [1.54, 1.807) is 24.3 Å². The minimum Gasteiger partial charge on any atom is -0.355 e. The zero-order chi connectivity index (χ0) is 16.4. The number of rotatable bonds is 4. The van der Waals surface area contributed by atoms with Gasteiger partial charge in [-0.1, -0.05) is 23.4 Å². The molecule has 0 radical (unpaired) electrons. The van der Waals surface area contributed by atoms with Crippen molar-refractivity contribution < 1.29 is 14.4 Å². The van der Waals surface area contributed by atoms with Gasteiger partial charge in [-0.25, -0.2) is 0 Å². The Morgan fingerprint density at radius 2 is 1.83 bits per heavy atom. The highest BCUT2D eigenvalue weighted by atomic mass is 16.6. The van der Waals surface area contributed by atoms with Crippen LogP contribution in [0.2, 0.25) is 0 Å². The Balaban J connectivity index is 2.14. The highest BCUT2D eigenvalue weighted by molar-refractivity contribution is 6.02. The summed E-state index contributed by atoms with van der Waals surface area (Å²) in [4.78, 5) is 24.7. The first-order valence-corrected chi connectivity index (χ1v) is 6.37. The zero-order valence-electron chi connectivity index (χ0n) is 11.4. The van der Waals surface area contributed by atoms with E-state index in [9.17, 15) is 20.2 Å². The molecule has 0 unspecified atom stereocenters. The van der Waals surface area contributed by atoms with Gasteiger partial charge in [0.25, 0.3) is 11.4 Å². The van der Waals surface area contributed by atoms with Crippen molar-refractivity contribution >= 4 is 34.2 Å². The third-order valence-electron chi connectivity index (χ3n) is 3.06. The third kappa shape index (κ3) is 2.75. The molecule has 23 heavy (non-hydrogen) atoms. The van der Waals surface area contributed by atoms with E-state index in [2.05, 4.69) is 10.1 Å². The van der Waals surface area contributed by atoms with E-state index in [0.717, 1.165) is 12.1 Å². The Hall–Kier alpha value is -3.62. The van der Waals surface area contributed by atoms with Crippen LogP contribution in [-0.4, -0.2) is 21.2 Å². The summed E-state index contributed by atoms with van der Waals surface area (Å²) in [6.07, 6.45) is 1.32. The quantitative estimate of drug-likeness (QED) is 0.413. The van der Waals surface area contributed by atoms with Crippen LogP contribution in [0.25, 0.3) is 11.0 Å². The summed E-state index contributed by atoms with van der Waals surface area (Å²) >= 11 is 0. The molecule has 0 atom stereocenters. The fraction of sp³-hybridized carbons (Fsp3) is 0. The number of aromatic nitrogens is 1. The summed E-state index contributed by atoms with van der Waals surface area (Å²) < 4.78 is 4.97. The minimum absolute atomic E-state index is 0.0413. The third-order valence-corrected chi connectivity index (χ3v) is 3.06. The number of nitrogens with zero attached hydrogens (tertiary/aromatic N) is 4. The maximum absolute atomic E-state index is 11.2. The van der Waals surface area contributed by atoms with Crippen molar-refractivity contribution in [3.8, 4) is 0 Å². The van der Waals surface area contributed by atoms with Crippen LogP contribution in [0.3, 0.4) is 0 Å². The Labute approximate surface area is 128 Å². The Morgan fingerprint density at radius 1 is 1.09 bits per heavy atom. The molecule has 2 aromatic carbocycles. The predicted octanol–water partition coefficient (Wildman–Crippen LogP) is 3.39.